The number of nitrogens with zero attached hydrogens (tertiary/aromatic N) is 2. The van der Waals surface area contributed by atoms with E-state index in [9.17, 15) is 0 Å². The number of furan rings is 1. The van der Waals surface area contributed by atoms with E-state index in [1.807, 2.05) is 19.1 Å². The zero-order valence-corrected chi connectivity index (χ0v) is 12.5. The van der Waals surface area contributed by atoms with Crippen molar-refractivity contribution in [2.24, 2.45) is 0 Å². The van der Waals surface area contributed by atoms with Crippen molar-refractivity contribution in [3.8, 4) is 0 Å². The average molecular weight is 274 g/mol. The van der Waals surface area contributed by atoms with Gasteiger partial charge in [0.25, 0.3) is 0 Å². The topological polar surface area (TPSA) is 63.0 Å². The summed E-state index contributed by atoms with van der Waals surface area (Å²) >= 11 is 0. The van der Waals surface area contributed by atoms with Gasteiger partial charge >= 0.3 is 0 Å². The fraction of sp³-hybridized carbons (Fsp3) is 0.467. The normalized spacial score (nSPS) is 12.2. The van der Waals surface area contributed by atoms with Gasteiger partial charge in [-0.2, -0.15) is 0 Å². The Morgan fingerprint density at radius 3 is 2.55 bits per heavy atom. The zero-order valence-electron chi connectivity index (χ0n) is 12.5. The first-order valence-electron chi connectivity index (χ1n) is 7.06. The molecular formula is C15H22N4O. The lowest BCUT2D eigenvalue weighted by atomic mass is 10.2. The fourth-order valence-corrected chi connectivity index (χ4v) is 2.15. The first kappa shape index (κ1) is 14.4. The lowest BCUT2D eigenvalue weighted by Crippen LogP contribution is -2.12. The first-order chi connectivity index (χ1) is 9.65. The maximum atomic E-state index is 5.65. The van der Waals surface area contributed by atoms with Gasteiger partial charge in [0.1, 0.15) is 29.5 Å². The summed E-state index contributed by atoms with van der Waals surface area (Å²) < 4.78 is 5.65. The Hall–Kier alpha value is -2.04. The van der Waals surface area contributed by atoms with Gasteiger partial charge in [0.2, 0.25) is 0 Å². The van der Waals surface area contributed by atoms with E-state index in [0.29, 0.717) is 0 Å². The van der Waals surface area contributed by atoms with E-state index in [4.69, 9.17) is 4.42 Å². The van der Waals surface area contributed by atoms with E-state index in [0.717, 1.165) is 41.7 Å². The van der Waals surface area contributed by atoms with Gasteiger partial charge in [-0.25, -0.2) is 9.97 Å². The van der Waals surface area contributed by atoms with Crippen LogP contribution in [0.15, 0.2) is 22.9 Å². The summed E-state index contributed by atoms with van der Waals surface area (Å²) in [6, 6.07) is 4.03. The highest BCUT2D eigenvalue weighted by atomic mass is 16.3. The van der Waals surface area contributed by atoms with E-state index in [1.54, 1.807) is 6.33 Å². The molecule has 0 aliphatic heterocycles. The van der Waals surface area contributed by atoms with Crippen LogP contribution in [0.25, 0.3) is 0 Å². The van der Waals surface area contributed by atoms with Crippen molar-refractivity contribution in [2.45, 2.75) is 40.2 Å². The second-order valence-electron chi connectivity index (χ2n) is 4.75. The number of anilines is 2. The molecule has 0 fully saturated rings. The van der Waals surface area contributed by atoms with Gasteiger partial charge < -0.3 is 15.1 Å². The minimum Gasteiger partial charge on any atom is -0.464 e. The van der Waals surface area contributed by atoms with Crippen LogP contribution >= 0.6 is 0 Å². The molecule has 1 atom stereocenters. The molecule has 5 heteroatoms. The van der Waals surface area contributed by atoms with E-state index in [1.165, 1.54) is 0 Å². The highest BCUT2D eigenvalue weighted by Crippen LogP contribution is 2.25. The summed E-state index contributed by atoms with van der Waals surface area (Å²) in [5.41, 5.74) is 1.10. The molecule has 2 N–H and O–H groups in total. The molecule has 2 aromatic heterocycles. The summed E-state index contributed by atoms with van der Waals surface area (Å²) in [5.74, 6) is 3.59. The van der Waals surface area contributed by atoms with Gasteiger partial charge in [-0.3, -0.25) is 0 Å². The molecule has 5 nitrogen and oxygen atoms in total. The molecule has 1 unspecified atom stereocenters. The van der Waals surface area contributed by atoms with E-state index < -0.39 is 0 Å². The highest BCUT2D eigenvalue weighted by Gasteiger charge is 2.14. The Labute approximate surface area is 119 Å². The van der Waals surface area contributed by atoms with Crippen LogP contribution in [0.3, 0.4) is 0 Å². The van der Waals surface area contributed by atoms with Gasteiger partial charge in [0.05, 0.1) is 6.04 Å². The number of nitrogens with one attached hydrogen (secondary N) is 2. The maximum absolute atomic E-state index is 5.65. The SMILES string of the molecule is CCNc1ncnc(NC(C)c2ccc(C)o2)c1CC. The fourth-order valence-electron chi connectivity index (χ4n) is 2.15. The van der Waals surface area contributed by atoms with Crippen LogP contribution in [-0.4, -0.2) is 16.5 Å². The molecule has 108 valence electrons. The van der Waals surface area contributed by atoms with Crippen LogP contribution in [0.5, 0.6) is 0 Å². The Balaban J connectivity index is 2.22. The second kappa shape index (κ2) is 6.41. The lowest BCUT2D eigenvalue weighted by Gasteiger charge is -2.17. The molecule has 0 spiro atoms. The number of hydrogen-bond acceptors (Lipinski definition) is 5. The van der Waals surface area contributed by atoms with Crippen LogP contribution in [0.1, 0.15) is 43.9 Å². The van der Waals surface area contributed by atoms with Gasteiger partial charge in [0, 0.05) is 12.1 Å². The largest absolute Gasteiger partial charge is 0.464 e. The van der Waals surface area contributed by atoms with Gasteiger partial charge in [0.15, 0.2) is 0 Å². The Bertz CT molecular complexity index is 565. The molecule has 0 aliphatic rings. The van der Waals surface area contributed by atoms with Crippen LogP contribution < -0.4 is 10.6 Å². The number of hydrogen-bond donors (Lipinski definition) is 2. The molecule has 0 aromatic carbocycles. The zero-order chi connectivity index (χ0) is 14.5. The molecule has 0 saturated heterocycles. The summed E-state index contributed by atoms with van der Waals surface area (Å²) in [5, 5.41) is 6.67. The van der Waals surface area contributed by atoms with Gasteiger partial charge in [-0.1, -0.05) is 6.92 Å². The molecule has 20 heavy (non-hydrogen) atoms. The molecule has 0 amide bonds. The minimum atomic E-state index is 0.0679. The van der Waals surface area contributed by atoms with E-state index in [2.05, 4.69) is 41.4 Å². The maximum Gasteiger partial charge on any atom is 0.135 e. The average Bonchev–Trinajstić information content (AvgIpc) is 2.86. The molecule has 2 heterocycles. The minimum absolute atomic E-state index is 0.0679. The standard InChI is InChI=1S/C15H22N4O/c1-5-12-14(16-6-2)17-9-18-15(12)19-11(4)13-8-7-10(3)20-13/h7-9,11H,5-6H2,1-4H3,(H2,16,17,18,19). The molecule has 2 aromatic rings. The van der Waals surface area contributed by atoms with E-state index in [-0.39, 0.29) is 6.04 Å². The van der Waals surface area contributed by atoms with Crippen molar-refractivity contribution in [1.29, 1.82) is 0 Å². The van der Waals surface area contributed by atoms with Gasteiger partial charge in [-0.05, 0) is 39.3 Å². The lowest BCUT2D eigenvalue weighted by molar-refractivity contribution is 0.466. The van der Waals surface area contributed by atoms with E-state index >= 15 is 0 Å². The Morgan fingerprint density at radius 2 is 1.95 bits per heavy atom. The third-order valence-corrected chi connectivity index (χ3v) is 3.18. The predicted molar refractivity (Wildman–Crippen MR) is 81.1 cm³/mol. The predicted octanol–water partition coefficient (Wildman–Crippen LogP) is 3.55. The number of rotatable bonds is 6. The smallest absolute Gasteiger partial charge is 0.135 e. The summed E-state index contributed by atoms with van der Waals surface area (Å²) in [7, 11) is 0. The second-order valence-corrected chi connectivity index (χ2v) is 4.75. The Morgan fingerprint density at radius 1 is 1.20 bits per heavy atom. The molecule has 0 aliphatic carbocycles. The van der Waals surface area contributed by atoms with Crippen molar-refractivity contribution in [3.63, 3.8) is 0 Å². The van der Waals surface area contributed by atoms with Crippen molar-refractivity contribution in [2.75, 3.05) is 17.2 Å². The van der Waals surface area contributed by atoms with Crippen LogP contribution in [0.4, 0.5) is 11.6 Å². The van der Waals surface area contributed by atoms with Crippen molar-refractivity contribution < 1.29 is 4.42 Å². The van der Waals surface area contributed by atoms with Crippen LogP contribution in [0, 0.1) is 6.92 Å². The monoisotopic (exact) mass is 274 g/mol. The molecule has 0 bridgehead atoms. The Kier molecular flexibility index (Phi) is 4.61. The first-order valence-corrected chi connectivity index (χ1v) is 7.06. The molecular weight excluding hydrogens is 252 g/mol. The third-order valence-electron chi connectivity index (χ3n) is 3.18. The summed E-state index contributed by atoms with van der Waals surface area (Å²) in [6.07, 6.45) is 2.45. The number of aromatic nitrogens is 2. The molecule has 0 radical (unpaired) electrons. The van der Waals surface area contributed by atoms with Crippen molar-refractivity contribution in [1.82, 2.24) is 9.97 Å². The summed E-state index contributed by atoms with van der Waals surface area (Å²) in [6.45, 7) is 9.01. The van der Waals surface area contributed by atoms with Crippen LogP contribution in [0.2, 0.25) is 0 Å². The quantitative estimate of drug-likeness (QED) is 0.843. The number of aryl methyl sites for hydroxylation is 1. The van der Waals surface area contributed by atoms with Crippen molar-refractivity contribution in [3.05, 3.63) is 35.5 Å². The molecule has 0 saturated carbocycles. The molecule has 2 rings (SSSR count). The van der Waals surface area contributed by atoms with Gasteiger partial charge in [-0.15, -0.1) is 0 Å². The highest BCUT2D eigenvalue weighted by molar-refractivity contribution is 5.57. The summed E-state index contributed by atoms with van der Waals surface area (Å²) in [4.78, 5) is 8.66. The van der Waals surface area contributed by atoms with Crippen LogP contribution in [-0.2, 0) is 6.42 Å². The van der Waals surface area contributed by atoms with Crippen molar-refractivity contribution >= 4 is 11.6 Å². The third kappa shape index (κ3) is 3.10.